The summed E-state index contributed by atoms with van der Waals surface area (Å²) in [7, 11) is 0. The van der Waals surface area contributed by atoms with Crippen LogP contribution in [0.5, 0.6) is 0 Å². The first-order valence-corrected chi connectivity index (χ1v) is 7.48. The van der Waals surface area contributed by atoms with E-state index in [0.717, 1.165) is 19.3 Å². The molecule has 3 rings (SSSR count). The number of nitrogens with zero attached hydrogens (tertiary/aromatic N) is 2. The zero-order valence-corrected chi connectivity index (χ0v) is 11.8. The molecule has 112 valence electrons. The van der Waals surface area contributed by atoms with E-state index in [1.807, 2.05) is 6.92 Å². The van der Waals surface area contributed by atoms with Gasteiger partial charge in [0.15, 0.2) is 0 Å². The summed E-state index contributed by atoms with van der Waals surface area (Å²) < 4.78 is 5.44. The van der Waals surface area contributed by atoms with Gasteiger partial charge in [-0.05, 0) is 31.6 Å². The van der Waals surface area contributed by atoms with E-state index in [0.29, 0.717) is 32.2 Å². The second-order valence-electron chi connectivity index (χ2n) is 6.20. The first-order chi connectivity index (χ1) is 9.58. The molecule has 0 aromatic rings. The largest absolute Gasteiger partial charge is 0.480 e. The number of rotatable bonds is 1. The maximum Gasteiger partial charge on any atom is 0.326 e. The summed E-state index contributed by atoms with van der Waals surface area (Å²) in [5.74, 6) is -0.331. The number of fused-ring (bicyclic) bond motifs is 1. The highest BCUT2D eigenvalue weighted by molar-refractivity contribution is 5.84. The Hall–Kier alpha value is -1.30. The number of morpholine rings is 1. The average Bonchev–Trinajstić information content (AvgIpc) is 2.96. The highest BCUT2D eigenvalue weighted by Gasteiger charge is 2.50. The highest BCUT2D eigenvalue weighted by Crippen LogP contribution is 2.42. The lowest BCUT2D eigenvalue weighted by molar-refractivity contribution is -0.142. The molecule has 20 heavy (non-hydrogen) atoms. The van der Waals surface area contributed by atoms with Gasteiger partial charge in [-0.25, -0.2) is 9.59 Å². The Morgan fingerprint density at radius 1 is 1.25 bits per heavy atom. The van der Waals surface area contributed by atoms with E-state index in [-0.39, 0.29) is 18.1 Å². The van der Waals surface area contributed by atoms with Crippen LogP contribution < -0.4 is 0 Å². The minimum Gasteiger partial charge on any atom is -0.480 e. The van der Waals surface area contributed by atoms with Crippen LogP contribution in [-0.4, -0.2) is 65.3 Å². The van der Waals surface area contributed by atoms with Crippen molar-refractivity contribution in [1.29, 1.82) is 0 Å². The van der Waals surface area contributed by atoms with Crippen molar-refractivity contribution < 1.29 is 19.4 Å². The number of hydrogen-bond acceptors (Lipinski definition) is 3. The van der Waals surface area contributed by atoms with Crippen LogP contribution in [0.3, 0.4) is 0 Å². The summed E-state index contributed by atoms with van der Waals surface area (Å²) in [5, 5.41) is 9.49. The molecule has 1 saturated carbocycles. The van der Waals surface area contributed by atoms with Crippen molar-refractivity contribution in [2.45, 2.75) is 38.3 Å². The smallest absolute Gasteiger partial charge is 0.326 e. The standard InChI is InChI=1S/C14H22N2O4/c1-9-7-15(5-6-20-9)14(19)16-8-10-3-2-4-11(10)12(16)13(17)18/h9-12H,2-8H2,1H3,(H,17,18). The highest BCUT2D eigenvalue weighted by atomic mass is 16.5. The third-order valence-corrected chi connectivity index (χ3v) is 4.90. The van der Waals surface area contributed by atoms with Crippen molar-refractivity contribution in [3.63, 3.8) is 0 Å². The zero-order valence-electron chi connectivity index (χ0n) is 11.8. The number of aliphatic carboxylic acids is 1. The van der Waals surface area contributed by atoms with Gasteiger partial charge in [0.05, 0.1) is 12.7 Å². The molecule has 6 nitrogen and oxygen atoms in total. The predicted octanol–water partition coefficient (Wildman–Crippen LogP) is 1.01. The van der Waals surface area contributed by atoms with Crippen LogP contribution in [0.15, 0.2) is 0 Å². The molecule has 0 radical (unpaired) electrons. The Balaban J connectivity index is 1.74. The average molecular weight is 282 g/mol. The van der Waals surface area contributed by atoms with E-state index in [4.69, 9.17) is 4.74 Å². The van der Waals surface area contributed by atoms with Crippen molar-refractivity contribution in [2.75, 3.05) is 26.2 Å². The fourth-order valence-electron chi connectivity index (χ4n) is 3.99. The van der Waals surface area contributed by atoms with E-state index in [1.54, 1.807) is 9.80 Å². The molecule has 2 heterocycles. The number of amides is 2. The molecule has 1 aliphatic carbocycles. The number of carbonyl (C=O) groups excluding carboxylic acids is 1. The number of ether oxygens (including phenoxy) is 1. The summed E-state index contributed by atoms with van der Waals surface area (Å²) in [5.41, 5.74) is 0. The molecule has 0 spiro atoms. The number of carboxylic acid groups (broad SMARTS) is 1. The van der Waals surface area contributed by atoms with Gasteiger partial charge in [0.25, 0.3) is 0 Å². The van der Waals surface area contributed by atoms with Gasteiger partial charge < -0.3 is 19.6 Å². The second kappa shape index (κ2) is 5.24. The third-order valence-electron chi connectivity index (χ3n) is 4.90. The summed E-state index contributed by atoms with van der Waals surface area (Å²) in [6, 6.07) is -0.755. The van der Waals surface area contributed by atoms with Gasteiger partial charge in [0, 0.05) is 19.6 Å². The first kappa shape index (κ1) is 13.7. The topological polar surface area (TPSA) is 70.1 Å². The lowest BCUT2D eigenvalue weighted by Crippen LogP contribution is -2.53. The Morgan fingerprint density at radius 2 is 2.05 bits per heavy atom. The van der Waals surface area contributed by atoms with Crippen LogP contribution in [0.1, 0.15) is 26.2 Å². The number of carbonyl (C=O) groups is 2. The number of likely N-dealkylation sites (tertiary alicyclic amines) is 1. The molecule has 3 fully saturated rings. The zero-order chi connectivity index (χ0) is 14.3. The molecule has 6 heteroatoms. The summed E-state index contributed by atoms with van der Waals surface area (Å²) in [4.78, 5) is 27.5. The fraction of sp³-hybridized carbons (Fsp3) is 0.857. The minimum atomic E-state index is -0.853. The quantitative estimate of drug-likeness (QED) is 0.779. The summed E-state index contributed by atoms with van der Waals surface area (Å²) in [6.45, 7) is 4.18. The number of hydrogen-bond donors (Lipinski definition) is 1. The maximum atomic E-state index is 12.6. The molecule has 0 aromatic carbocycles. The Bertz CT molecular complexity index is 414. The Kier molecular flexibility index (Phi) is 3.58. The first-order valence-electron chi connectivity index (χ1n) is 7.48. The van der Waals surface area contributed by atoms with Gasteiger partial charge in [-0.2, -0.15) is 0 Å². The SMILES string of the molecule is CC1CN(C(=O)N2CC3CCCC3C2C(=O)O)CCO1. The van der Waals surface area contributed by atoms with Crippen molar-refractivity contribution in [3.05, 3.63) is 0 Å². The Labute approximate surface area is 118 Å². The summed E-state index contributed by atoms with van der Waals surface area (Å²) >= 11 is 0. The van der Waals surface area contributed by atoms with Gasteiger partial charge in [0.2, 0.25) is 0 Å². The summed E-state index contributed by atoms with van der Waals surface area (Å²) in [6.07, 6.45) is 3.11. The van der Waals surface area contributed by atoms with E-state index < -0.39 is 12.0 Å². The van der Waals surface area contributed by atoms with Gasteiger partial charge >= 0.3 is 12.0 Å². The Morgan fingerprint density at radius 3 is 2.75 bits per heavy atom. The molecule has 2 amide bonds. The molecule has 0 aromatic heterocycles. The third kappa shape index (κ3) is 2.26. The maximum absolute atomic E-state index is 12.6. The molecular weight excluding hydrogens is 260 g/mol. The molecule has 3 aliphatic rings. The number of carboxylic acids is 1. The van der Waals surface area contributed by atoms with Crippen LogP contribution in [0.4, 0.5) is 4.79 Å². The minimum absolute atomic E-state index is 0.0260. The van der Waals surface area contributed by atoms with Crippen LogP contribution in [-0.2, 0) is 9.53 Å². The normalized spacial score (nSPS) is 37.0. The van der Waals surface area contributed by atoms with Gasteiger partial charge in [-0.3, -0.25) is 0 Å². The molecule has 1 N–H and O–H groups in total. The fourth-order valence-corrected chi connectivity index (χ4v) is 3.99. The van der Waals surface area contributed by atoms with Crippen LogP contribution in [0, 0.1) is 11.8 Å². The van der Waals surface area contributed by atoms with Crippen LogP contribution >= 0.6 is 0 Å². The molecular formula is C14H22N2O4. The van der Waals surface area contributed by atoms with Crippen LogP contribution in [0.25, 0.3) is 0 Å². The van der Waals surface area contributed by atoms with Gasteiger partial charge in [-0.1, -0.05) is 6.42 Å². The molecule has 4 atom stereocenters. The molecule has 4 unspecified atom stereocenters. The van der Waals surface area contributed by atoms with Crippen molar-refractivity contribution >= 4 is 12.0 Å². The van der Waals surface area contributed by atoms with Crippen molar-refractivity contribution in [1.82, 2.24) is 9.80 Å². The number of urea groups is 1. The monoisotopic (exact) mass is 282 g/mol. The van der Waals surface area contributed by atoms with Gasteiger partial charge in [0.1, 0.15) is 6.04 Å². The van der Waals surface area contributed by atoms with Crippen molar-refractivity contribution in [3.8, 4) is 0 Å². The molecule has 0 bridgehead atoms. The van der Waals surface area contributed by atoms with E-state index >= 15 is 0 Å². The van der Waals surface area contributed by atoms with Gasteiger partial charge in [-0.15, -0.1) is 0 Å². The van der Waals surface area contributed by atoms with Crippen molar-refractivity contribution in [2.24, 2.45) is 11.8 Å². The second-order valence-corrected chi connectivity index (χ2v) is 6.20. The van der Waals surface area contributed by atoms with Crippen LogP contribution in [0.2, 0.25) is 0 Å². The molecule has 2 aliphatic heterocycles. The van der Waals surface area contributed by atoms with E-state index in [2.05, 4.69) is 0 Å². The van der Waals surface area contributed by atoms with E-state index in [9.17, 15) is 14.7 Å². The van der Waals surface area contributed by atoms with E-state index in [1.165, 1.54) is 0 Å². The molecule has 2 saturated heterocycles. The predicted molar refractivity (Wildman–Crippen MR) is 71.3 cm³/mol. The lowest BCUT2D eigenvalue weighted by Gasteiger charge is -2.35. The lowest BCUT2D eigenvalue weighted by atomic mass is 9.94.